The van der Waals surface area contributed by atoms with Crippen LogP contribution < -0.4 is 10.9 Å². The molecule has 106 valence electrons. The summed E-state index contributed by atoms with van der Waals surface area (Å²) in [5.74, 6) is 0.688. The molecule has 1 aliphatic rings. The number of nitrogens with one attached hydrogen (secondary N) is 2. The SMILES string of the molecule is CC(C)CC1(CNc2cn[nH]c(=O)c2Cl)CCCC1. The summed E-state index contributed by atoms with van der Waals surface area (Å²) in [6.07, 6.45) is 7.92. The van der Waals surface area contributed by atoms with Crippen LogP contribution in [0, 0.1) is 11.3 Å². The van der Waals surface area contributed by atoms with Gasteiger partial charge < -0.3 is 5.32 Å². The number of aromatic amines is 1. The highest BCUT2D eigenvalue weighted by Crippen LogP contribution is 2.43. The molecule has 0 bridgehead atoms. The molecule has 2 rings (SSSR count). The Bertz CT molecular complexity index is 478. The van der Waals surface area contributed by atoms with Gasteiger partial charge in [0.25, 0.3) is 5.56 Å². The first-order valence-electron chi connectivity index (χ1n) is 6.99. The fourth-order valence-corrected chi connectivity index (χ4v) is 3.39. The number of anilines is 1. The third kappa shape index (κ3) is 3.50. The molecule has 0 spiro atoms. The van der Waals surface area contributed by atoms with Gasteiger partial charge in [-0.1, -0.05) is 38.3 Å². The van der Waals surface area contributed by atoms with E-state index in [1.54, 1.807) is 6.20 Å². The monoisotopic (exact) mass is 283 g/mol. The van der Waals surface area contributed by atoms with Crippen molar-refractivity contribution in [3.63, 3.8) is 0 Å². The van der Waals surface area contributed by atoms with E-state index in [2.05, 4.69) is 29.4 Å². The Morgan fingerprint density at radius 3 is 2.79 bits per heavy atom. The number of halogens is 1. The minimum atomic E-state index is -0.337. The molecule has 1 aromatic rings. The Balaban J connectivity index is 2.07. The van der Waals surface area contributed by atoms with Gasteiger partial charge in [0.2, 0.25) is 0 Å². The predicted octanol–water partition coefficient (Wildman–Crippen LogP) is 3.44. The second-order valence-electron chi connectivity index (χ2n) is 6.09. The van der Waals surface area contributed by atoms with Crippen LogP contribution in [0.5, 0.6) is 0 Å². The molecule has 19 heavy (non-hydrogen) atoms. The van der Waals surface area contributed by atoms with Crippen molar-refractivity contribution in [3.8, 4) is 0 Å². The predicted molar refractivity (Wildman–Crippen MR) is 78.7 cm³/mol. The number of aromatic nitrogens is 2. The van der Waals surface area contributed by atoms with E-state index in [1.807, 2.05) is 0 Å². The van der Waals surface area contributed by atoms with Crippen molar-refractivity contribution >= 4 is 17.3 Å². The second kappa shape index (κ2) is 5.95. The summed E-state index contributed by atoms with van der Waals surface area (Å²) in [5, 5.41) is 9.65. The van der Waals surface area contributed by atoms with Crippen LogP contribution in [0.1, 0.15) is 46.0 Å². The number of nitrogens with zero attached hydrogens (tertiary/aromatic N) is 1. The van der Waals surface area contributed by atoms with E-state index in [-0.39, 0.29) is 10.6 Å². The van der Waals surface area contributed by atoms with Gasteiger partial charge in [0.15, 0.2) is 0 Å². The summed E-state index contributed by atoms with van der Waals surface area (Å²) in [7, 11) is 0. The van der Waals surface area contributed by atoms with Crippen LogP contribution in [-0.4, -0.2) is 16.7 Å². The lowest BCUT2D eigenvalue weighted by Crippen LogP contribution is -2.29. The minimum absolute atomic E-state index is 0.202. The smallest absolute Gasteiger partial charge is 0.285 e. The zero-order valence-electron chi connectivity index (χ0n) is 11.6. The minimum Gasteiger partial charge on any atom is -0.382 e. The van der Waals surface area contributed by atoms with Crippen molar-refractivity contribution in [2.45, 2.75) is 46.0 Å². The maximum absolute atomic E-state index is 11.4. The summed E-state index contributed by atoms with van der Waals surface area (Å²) < 4.78 is 0. The molecule has 1 saturated carbocycles. The molecule has 1 fully saturated rings. The molecular weight excluding hydrogens is 262 g/mol. The average molecular weight is 284 g/mol. The second-order valence-corrected chi connectivity index (χ2v) is 6.46. The number of hydrogen-bond donors (Lipinski definition) is 2. The Morgan fingerprint density at radius 2 is 2.16 bits per heavy atom. The van der Waals surface area contributed by atoms with Gasteiger partial charge >= 0.3 is 0 Å². The summed E-state index contributed by atoms with van der Waals surface area (Å²) in [6, 6.07) is 0. The lowest BCUT2D eigenvalue weighted by atomic mass is 9.78. The first-order chi connectivity index (χ1) is 9.02. The van der Waals surface area contributed by atoms with Gasteiger partial charge in [-0.2, -0.15) is 5.10 Å². The van der Waals surface area contributed by atoms with Gasteiger partial charge in [-0.25, -0.2) is 5.10 Å². The van der Waals surface area contributed by atoms with Gasteiger partial charge in [-0.15, -0.1) is 0 Å². The van der Waals surface area contributed by atoms with Crippen molar-refractivity contribution in [2.75, 3.05) is 11.9 Å². The largest absolute Gasteiger partial charge is 0.382 e. The molecule has 0 aromatic carbocycles. The van der Waals surface area contributed by atoms with Crippen LogP contribution in [0.25, 0.3) is 0 Å². The van der Waals surface area contributed by atoms with Crippen molar-refractivity contribution in [1.29, 1.82) is 0 Å². The third-order valence-corrected chi connectivity index (χ3v) is 4.33. The molecule has 0 aliphatic heterocycles. The zero-order chi connectivity index (χ0) is 13.9. The topological polar surface area (TPSA) is 57.8 Å². The van der Waals surface area contributed by atoms with E-state index in [1.165, 1.54) is 32.1 Å². The summed E-state index contributed by atoms with van der Waals surface area (Å²) in [5.41, 5.74) is 0.650. The molecule has 1 aromatic heterocycles. The van der Waals surface area contributed by atoms with E-state index >= 15 is 0 Å². The first-order valence-corrected chi connectivity index (χ1v) is 7.37. The van der Waals surface area contributed by atoms with Crippen molar-refractivity contribution < 1.29 is 0 Å². The third-order valence-electron chi connectivity index (χ3n) is 3.95. The first kappa shape index (κ1) is 14.4. The summed E-state index contributed by atoms with van der Waals surface area (Å²) >= 11 is 5.98. The fraction of sp³-hybridized carbons (Fsp3) is 0.714. The van der Waals surface area contributed by atoms with Crippen LogP contribution in [0.4, 0.5) is 5.69 Å². The van der Waals surface area contributed by atoms with Crippen LogP contribution in [-0.2, 0) is 0 Å². The molecule has 0 unspecified atom stereocenters. The van der Waals surface area contributed by atoms with E-state index in [9.17, 15) is 4.79 Å². The summed E-state index contributed by atoms with van der Waals surface area (Å²) in [6.45, 7) is 5.40. The fourth-order valence-electron chi connectivity index (χ4n) is 3.23. The Kier molecular flexibility index (Phi) is 4.50. The van der Waals surface area contributed by atoms with E-state index in [0.717, 1.165) is 6.54 Å². The molecule has 0 radical (unpaired) electrons. The van der Waals surface area contributed by atoms with Crippen molar-refractivity contribution in [2.24, 2.45) is 11.3 Å². The molecule has 0 amide bonds. The standard InChI is InChI=1S/C14H22ClN3O/c1-10(2)7-14(5-3-4-6-14)9-16-11-8-17-18-13(19)12(11)15/h8,10H,3-7,9H2,1-2H3,(H2,16,18,19). The molecule has 2 N–H and O–H groups in total. The van der Waals surface area contributed by atoms with Gasteiger partial charge in [0, 0.05) is 6.54 Å². The van der Waals surface area contributed by atoms with E-state index in [0.29, 0.717) is 17.0 Å². The zero-order valence-corrected chi connectivity index (χ0v) is 12.4. The Labute approximate surface area is 118 Å². The molecule has 1 aliphatic carbocycles. The highest BCUT2D eigenvalue weighted by atomic mass is 35.5. The Morgan fingerprint density at radius 1 is 1.47 bits per heavy atom. The van der Waals surface area contributed by atoms with Gasteiger partial charge in [0.05, 0.1) is 11.9 Å². The number of H-pyrrole nitrogens is 1. The lowest BCUT2D eigenvalue weighted by molar-refractivity contribution is 0.252. The van der Waals surface area contributed by atoms with Gasteiger partial charge in [-0.3, -0.25) is 4.79 Å². The summed E-state index contributed by atoms with van der Waals surface area (Å²) in [4.78, 5) is 11.4. The molecule has 4 nitrogen and oxygen atoms in total. The highest BCUT2D eigenvalue weighted by molar-refractivity contribution is 6.32. The number of hydrogen-bond acceptors (Lipinski definition) is 3. The molecule has 0 atom stereocenters. The highest BCUT2D eigenvalue weighted by Gasteiger charge is 2.34. The van der Waals surface area contributed by atoms with Crippen LogP contribution in [0.3, 0.4) is 0 Å². The van der Waals surface area contributed by atoms with Gasteiger partial charge in [-0.05, 0) is 30.6 Å². The maximum Gasteiger partial charge on any atom is 0.285 e. The van der Waals surface area contributed by atoms with Crippen LogP contribution in [0.15, 0.2) is 11.0 Å². The molecule has 5 heteroatoms. The lowest BCUT2D eigenvalue weighted by Gasteiger charge is -2.31. The quantitative estimate of drug-likeness (QED) is 0.870. The number of rotatable bonds is 5. The van der Waals surface area contributed by atoms with Crippen LogP contribution in [0.2, 0.25) is 5.02 Å². The molecule has 0 saturated heterocycles. The van der Waals surface area contributed by atoms with Crippen molar-refractivity contribution in [1.82, 2.24) is 10.2 Å². The van der Waals surface area contributed by atoms with E-state index in [4.69, 9.17) is 11.6 Å². The Hall–Kier alpha value is -1.03. The van der Waals surface area contributed by atoms with Crippen LogP contribution >= 0.6 is 11.6 Å². The van der Waals surface area contributed by atoms with E-state index < -0.39 is 0 Å². The normalized spacial score (nSPS) is 17.9. The molecule has 1 heterocycles. The van der Waals surface area contributed by atoms with Crippen molar-refractivity contribution in [3.05, 3.63) is 21.6 Å². The maximum atomic E-state index is 11.4. The molecular formula is C14H22ClN3O. The average Bonchev–Trinajstić information content (AvgIpc) is 2.79. The van der Waals surface area contributed by atoms with Gasteiger partial charge in [0.1, 0.15) is 5.02 Å².